The summed E-state index contributed by atoms with van der Waals surface area (Å²) < 4.78 is 15.1. The third-order valence-electron chi connectivity index (χ3n) is 5.49. The van der Waals surface area contributed by atoms with Crippen molar-refractivity contribution in [2.24, 2.45) is 5.73 Å². The fraction of sp³-hybridized carbons (Fsp3) is 0.429. The van der Waals surface area contributed by atoms with Gasteiger partial charge in [0.25, 0.3) is 11.8 Å². The minimum atomic E-state index is -0.654. The SMILES string of the molecule is CC#CC(=O)N[C@H]1CCCC(c2c(F)cc(C(N)=O)c3[nH]c(C)c(C)c23)C1. The first-order valence-corrected chi connectivity index (χ1v) is 9.17. The number of hydrogen-bond acceptors (Lipinski definition) is 2. The van der Waals surface area contributed by atoms with E-state index >= 15 is 4.39 Å². The number of benzene rings is 1. The van der Waals surface area contributed by atoms with Crippen LogP contribution in [0.15, 0.2) is 6.07 Å². The van der Waals surface area contributed by atoms with E-state index in [0.29, 0.717) is 17.5 Å². The Bertz CT molecular complexity index is 981. The van der Waals surface area contributed by atoms with E-state index < -0.39 is 11.7 Å². The molecular weight excluding hydrogens is 345 g/mol. The van der Waals surface area contributed by atoms with Crippen molar-refractivity contribution in [2.45, 2.75) is 58.4 Å². The predicted octanol–water partition coefficient (Wildman–Crippen LogP) is 3.19. The Kier molecular flexibility index (Phi) is 5.22. The standard InChI is InChI=1S/C21H24FN3O2/c1-4-6-17(26)25-14-8-5-7-13(9-14)19-16(22)10-15(21(23)27)20-18(19)11(2)12(3)24-20/h10,13-14,24H,5,7-9H2,1-3H3,(H2,23,27)(H,25,26)/t13?,14-/m0/s1. The Balaban J connectivity index is 2.04. The summed E-state index contributed by atoms with van der Waals surface area (Å²) in [6, 6.07) is 1.20. The Morgan fingerprint density at radius 1 is 1.33 bits per heavy atom. The number of carbonyl (C=O) groups excluding carboxylic acids is 2. The number of aromatic amines is 1. The summed E-state index contributed by atoms with van der Waals surface area (Å²) in [6.07, 6.45) is 3.21. The lowest BCUT2D eigenvalue weighted by molar-refractivity contribution is -0.116. The molecular formula is C21H24FN3O2. The Labute approximate surface area is 157 Å². The number of primary amides is 1. The van der Waals surface area contributed by atoms with Gasteiger partial charge in [0, 0.05) is 22.7 Å². The van der Waals surface area contributed by atoms with Crippen LogP contribution in [0.3, 0.4) is 0 Å². The highest BCUT2D eigenvalue weighted by Gasteiger charge is 2.30. The second-order valence-corrected chi connectivity index (χ2v) is 7.22. The maximum atomic E-state index is 15.1. The summed E-state index contributed by atoms with van der Waals surface area (Å²) in [6.45, 7) is 5.43. The molecule has 1 aromatic carbocycles. The summed E-state index contributed by atoms with van der Waals surface area (Å²) in [4.78, 5) is 26.8. The van der Waals surface area contributed by atoms with Gasteiger partial charge in [0.1, 0.15) is 5.82 Å². The molecule has 1 heterocycles. The lowest BCUT2D eigenvalue weighted by atomic mass is 9.79. The maximum Gasteiger partial charge on any atom is 0.296 e. The molecule has 5 nitrogen and oxygen atoms in total. The molecule has 27 heavy (non-hydrogen) atoms. The third kappa shape index (κ3) is 3.55. The van der Waals surface area contributed by atoms with Gasteiger partial charge in [0.05, 0.1) is 11.1 Å². The van der Waals surface area contributed by atoms with Crippen LogP contribution in [0.1, 0.15) is 65.7 Å². The van der Waals surface area contributed by atoms with E-state index in [1.54, 1.807) is 6.92 Å². The number of carbonyl (C=O) groups is 2. The molecule has 1 aliphatic carbocycles. The van der Waals surface area contributed by atoms with Crippen molar-refractivity contribution in [1.29, 1.82) is 0 Å². The number of nitrogens with one attached hydrogen (secondary N) is 2. The van der Waals surface area contributed by atoms with Gasteiger partial charge in [-0.15, -0.1) is 0 Å². The van der Waals surface area contributed by atoms with Gasteiger partial charge in [-0.25, -0.2) is 4.39 Å². The zero-order valence-electron chi connectivity index (χ0n) is 15.8. The Hall–Kier alpha value is -2.81. The van der Waals surface area contributed by atoms with Crippen LogP contribution in [-0.2, 0) is 4.79 Å². The molecule has 142 valence electrons. The molecule has 0 aliphatic heterocycles. The number of aromatic nitrogens is 1. The second-order valence-electron chi connectivity index (χ2n) is 7.22. The first kappa shape index (κ1) is 19.0. The zero-order chi connectivity index (χ0) is 19.7. The second kappa shape index (κ2) is 7.43. The molecule has 3 rings (SSSR count). The van der Waals surface area contributed by atoms with Crippen LogP contribution in [0.25, 0.3) is 10.9 Å². The van der Waals surface area contributed by atoms with Crippen molar-refractivity contribution in [3.8, 4) is 11.8 Å². The van der Waals surface area contributed by atoms with Gasteiger partial charge < -0.3 is 16.0 Å². The summed E-state index contributed by atoms with van der Waals surface area (Å²) >= 11 is 0. The highest BCUT2D eigenvalue weighted by molar-refractivity contribution is 6.07. The molecule has 0 radical (unpaired) electrons. The Morgan fingerprint density at radius 2 is 2.07 bits per heavy atom. The van der Waals surface area contributed by atoms with Crippen LogP contribution in [-0.4, -0.2) is 22.8 Å². The smallest absolute Gasteiger partial charge is 0.296 e. The molecule has 1 aromatic heterocycles. The lowest BCUT2D eigenvalue weighted by Gasteiger charge is -2.30. The van der Waals surface area contributed by atoms with Crippen molar-refractivity contribution in [3.63, 3.8) is 0 Å². The van der Waals surface area contributed by atoms with Gasteiger partial charge in [0.2, 0.25) is 0 Å². The van der Waals surface area contributed by atoms with Crippen molar-refractivity contribution in [1.82, 2.24) is 10.3 Å². The molecule has 0 bridgehead atoms. The highest BCUT2D eigenvalue weighted by atomic mass is 19.1. The Morgan fingerprint density at radius 3 is 2.74 bits per heavy atom. The third-order valence-corrected chi connectivity index (χ3v) is 5.49. The number of halogens is 1. The van der Waals surface area contributed by atoms with Gasteiger partial charge in [-0.3, -0.25) is 9.59 Å². The van der Waals surface area contributed by atoms with Gasteiger partial charge in [-0.2, -0.15) is 0 Å². The van der Waals surface area contributed by atoms with E-state index in [1.807, 2.05) is 13.8 Å². The van der Waals surface area contributed by atoms with Gasteiger partial charge >= 0.3 is 0 Å². The van der Waals surface area contributed by atoms with Crippen molar-refractivity contribution in [2.75, 3.05) is 0 Å². The number of H-pyrrole nitrogens is 1. The summed E-state index contributed by atoms with van der Waals surface area (Å²) in [5, 5.41) is 3.66. The van der Waals surface area contributed by atoms with Gasteiger partial charge in [-0.1, -0.05) is 12.3 Å². The van der Waals surface area contributed by atoms with Crippen LogP contribution in [0, 0.1) is 31.5 Å². The molecule has 4 N–H and O–H groups in total. The molecule has 6 heteroatoms. The molecule has 2 amide bonds. The van der Waals surface area contributed by atoms with Gasteiger partial charge in [-0.05, 0) is 63.5 Å². The number of aryl methyl sites for hydroxylation is 2. The monoisotopic (exact) mass is 369 g/mol. The molecule has 1 aliphatic rings. The number of rotatable bonds is 3. The zero-order valence-corrected chi connectivity index (χ0v) is 15.8. The van der Waals surface area contributed by atoms with E-state index in [2.05, 4.69) is 22.1 Å². The first-order valence-electron chi connectivity index (χ1n) is 9.17. The van der Waals surface area contributed by atoms with Crippen molar-refractivity contribution >= 4 is 22.7 Å². The van der Waals surface area contributed by atoms with Crippen LogP contribution < -0.4 is 11.1 Å². The van der Waals surface area contributed by atoms with Crippen molar-refractivity contribution in [3.05, 3.63) is 34.3 Å². The van der Waals surface area contributed by atoms with E-state index in [4.69, 9.17) is 5.73 Å². The van der Waals surface area contributed by atoms with E-state index in [-0.39, 0.29) is 23.4 Å². The maximum absolute atomic E-state index is 15.1. The topological polar surface area (TPSA) is 88.0 Å². The largest absolute Gasteiger partial charge is 0.366 e. The van der Waals surface area contributed by atoms with E-state index in [9.17, 15) is 9.59 Å². The van der Waals surface area contributed by atoms with Crippen LogP contribution in [0.2, 0.25) is 0 Å². The summed E-state index contributed by atoms with van der Waals surface area (Å²) in [7, 11) is 0. The number of nitrogens with two attached hydrogens (primary N) is 1. The highest BCUT2D eigenvalue weighted by Crippen LogP contribution is 2.40. The van der Waals surface area contributed by atoms with E-state index in [1.165, 1.54) is 6.07 Å². The number of hydrogen-bond donors (Lipinski definition) is 3. The van der Waals surface area contributed by atoms with Crippen LogP contribution in [0.4, 0.5) is 4.39 Å². The van der Waals surface area contributed by atoms with Crippen molar-refractivity contribution < 1.29 is 14.0 Å². The molecule has 0 spiro atoms. The molecule has 2 aromatic rings. The predicted molar refractivity (Wildman–Crippen MR) is 103 cm³/mol. The number of fused-ring (bicyclic) bond motifs is 1. The average molecular weight is 369 g/mol. The fourth-order valence-corrected chi connectivity index (χ4v) is 4.17. The first-order chi connectivity index (χ1) is 12.8. The van der Waals surface area contributed by atoms with Crippen LogP contribution in [0.5, 0.6) is 0 Å². The van der Waals surface area contributed by atoms with Gasteiger partial charge in [0.15, 0.2) is 0 Å². The molecule has 2 atom stereocenters. The minimum absolute atomic E-state index is 0.0392. The summed E-state index contributed by atoms with van der Waals surface area (Å²) in [5.41, 5.74) is 8.64. The van der Waals surface area contributed by atoms with E-state index in [0.717, 1.165) is 35.9 Å². The van der Waals surface area contributed by atoms with Crippen LogP contribution >= 0.6 is 0 Å². The quantitative estimate of drug-likeness (QED) is 0.726. The average Bonchev–Trinajstić information content (AvgIpc) is 2.90. The number of amides is 2. The molecule has 1 fully saturated rings. The lowest BCUT2D eigenvalue weighted by Crippen LogP contribution is -2.37. The molecule has 1 saturated carbocycles. The minimum Gasteiger partial charge on any atom is -0.366 e. The molecule has 1 unspecified atom stereocenters. The summed E-state index contributed by atoms with van der Waals surface area (Å²) in [5.74, 6) is 3.67. The molecule has 0 saturated heterocycles. The fourth-order valence-electron chi connectivity index (χ4n) is 4.17. The normalized spacial score (nSPS) is 19.4.